The standard InChI is InChI=1S/C24H30Cl2N2O5S/c1-15(2)19-13-18(7-8-22(19)32-3)33-24-20(25)11-17(12-21(24)26)27-23(29)10-16-6-5-9-28(14-16)34(4,30)31/h7-8,11-13,15-16H,5-6,9-10,14H2,1-4H3,(H,27,29)/t16-/m1/s1. The summed E-state index contributed by atoms with van der Waals surface area (Å²) in [6, 6.07) is 8.65. The van der Waals surface area contributed by atoms with Gasteiger partial charge in [-0.25, -0.2) is 12.7 Å². The number of piperidine rings is 1. The van der Waals surface area contributed by atoms with Gasteiger partial charge in [-0.2, -0.15) is 0 Å². The second-order valence-electron chi connectivity index (χ2n) is 8.81. The lowest BCUT2D eigenvalue weighted by atomic mass is 9.96. The number of methoxy groups -OCH3 is 1. The van der Waals surface area contributed by atoms with Crippen LogP contribution in [0, 0.1) is 5.92 Å². The number of carbonyl (C=O) groups excluding carboxylic acids is 1. The zero-order valence-electron chi connectivity index (χ0n) is 19.7. The highest BCUT2D eigenvalue weighted by Gasteiger charge is 2.27. The minimum Gasteiger partial charge on any atom is -0.496 e. The van der Waals surface area contributed by atoms with E-state index in [1.54, 1.807) is 25.3 Å². The number of benzene rings is 2. The quantitative estimate of drug-likeness (QED) is 0.459. The van der Waals surface area contributed by atoms with Gasteiger partial charge in [0.1, 0.15) is 11.5 Å². The Morgan fingerprint density at radius 1 is 1.21 bits per heavy atom. The number of hydrogen-bond donors (Lipinski definition) is 1. The molecule has 0 saturated carbocycles. The molecule has 1 saturated heterocycles. The van der Waals surface area contributed by atoms with Crippen molar-refractivity contribution in [1.29, 1.82) is 0 Å². The number of hydrogen-bond acceptors (Lipinski definition) is 5. The third-order valence-electron chi connectivity index (χ3n) is 5.75. The van der Waals surface area contributed by atoms with E-state index < -0.39 is 10.0 Å². The van der Waals surface area contributed by atoms with Gasteiger partial charge in [0.25, 0.3) is 0 Å². The van der Waals surface area contributed by atoms with Crippen LogP contribution < -0.4 is 14.8 Å². The molecule has 34 heavy (non-hydrogen) atoms. The first-order chi connectivity index (χ1) is 16.0. The minimum absolute atomic E-state index is 0.0396. The average Bonchev–Trinajstić information content (AvgIpc) is 2.75. The Morgan fingerprint density at radius 3 is 2.47 bits per heavy atom. The molecule has 0 unspecified atom stereocenters. The summed E-state index contributed by atoms with van der Waals surface area (Å²) in [6.07, 6.45) is 2.94. The summed E-state index contributed by atoms with van der Waals surface area (Å²) in [4.78, 5) is 12.6. The number of nitrogens with one attached hydrogen (secondary N) is 1. The van der Waals surface area contributed by atoms with E-state index in [9.17, 15) is 13.2 Å². The first kappa shape index (κ1) is 26.6. The zero-order chi connectivity index (χ0) is 25.0. The predicted molar refractivity (Wildman–Crippen MR) is 136 cm³/mol. The molecule has 10 heteroatoms. The monoisotopic (exact) mass is 528 g/mol. The lowest BCUT2D eigenvalue weighted by molar-refractivity contribution is -0.117. The number of carbonyl (C=O) groups is 1. The van der Waals surface area contributed by atoms with Gasteiger partial charge in [-0.3, -0.25) is 4.79 Å². The molecular weight excluding hydrogens is 499 g/mol. The van der Waals surface area contributed by atoms with Gasteiger partial charge in [0, 0.05) is 30.8 Å². The zero-order valence-corrected chi connectivity index (χ0v) is 22.1. The van der Waals surface area contributed by atoms with Crippen molar-refractivity contribution in [2.45, 2.75) is 39.0 Å². The Hall–Kier alpha value is -2.00. The SMILES string of the molecule is COc1ccc(Oc2c(Cl)cc(NC(=O)C[C@H]3CCCN(S(C)(=O)=O)C3)cc2Cl)cc1C(C)C. The van der Waals surface area contributed by atoms with Gasteiger partial charge in [-0.1, -0.05) is 37.0 Å². The van der Waals surface area contributed by atoms with Crippen molar-refractivity contribution in [3.05, 3.63) is 45.9 Å². The van der Waals surface area contributed by atoms with Crippen molar-refractivity contribution in [2.24, 2.45) is 5.92 Å². The molecule has 1 fully saturated rings. The molecule has 0 bridgehead atoms. The first-order valence-electron chi connectivity index (χ1n) is 11.1. The fourth-order valence-corrected chi connectivity index (χ4v) is 5.55. The molecule has 1 heterocycles. The van der Waals surface area contributed by atoms with Crippen LogP contribution >= 0.6 is 23.2 Å². The van der Waals surface area contributed by atoms with Crippen molar-refractivity contribution in [2.75, 3.05) is 31.8 Å². The summed E-state index contributed by atoms with van der Waals surface area (Å²) < 4.78 is 36.4. The molecule has 0 spiro atoms. The fourth-order valence-electron chi connectivity index (χ4n) is 4.04. The molecule has 1 atom stereocenters. The molecule has 2 aromatic rings. The number of amides is 1. The van der Waals surface area contributed by atoms with E-state index in [0.717, 1.165) is 24.2 Å². The molecule has 1 N–H and O–H groups in total. The van der Waals surface area contributed by atoms with Gasteiger partial charge in [-0.15, -0.1) is 0 Å². The lowest BCUT2D eigenvalue weighted by Gasteiger charge is -2.30. The number of halogens is 2. The van der Waals surface area contributed by atoms with E-state index in [1.165, 1.54) is 10.6 Å². The Morgan fingerprint density at radius 2 is 1.88 bits per heavy atom. The molecule has 3 rings (SSSR count). The second kappa shape index (κ2) is 11.2. The normalized spacial score (nSPS) is 17.0. The average molecular weight is 529 g/mol. The molecular formula is C24H30Cl2N2O5S. The van der Waals surface area contributed by atoms with Crippen LogP contribution in [0.4, 0.5) is 5.69 Å². The summed E-state index contributed by atoms with van der Waals surface area (Å²) >= 11 is 12.9. The van der Waals surface area contributed by atoms with E-state index in [-0.39, 0.29) is 40.0 Å². The van der Waals surface area contributed by atoms with Crippen LogP contribution in [0.1, 0.15) is 44.6 Å². The Balaban J connectivity index is 1.68. The number of nitrogens with zero attached hydrogens (tertiary/aromatic N) is 1. The minimum atomic E-state index is -3.26. The molecule has 1 aliphatic rings. The molecule has 1 amide bonds. The molecule has 186 valence electrons. The molecule has 2 aromatic carbocycles. The van der Waals surface area contributed by atoms with Crippen LogP contribution in [-0.4, -0.2) is 45.1 Å². The molecule has 0 aromatic heterocycles. The third-order valence-corrected chi connectivity index (χ3v) is 7.58. The van der Waals surface area contributed by atoms with Gasteiger partial charge in [0.05, 0.1) is 23.4 Å². The summed E-state index contributed by atoms with van der Waals surface area (Å²) in [7, 11) is -1.64. The highest BCUT2D eigenvalue weighted by Crippen LogP contribution is 2.40. The molecule has 0 radical (unpaired) electrons. The van der Waals surface area contributed by atoms with Crippen molar-refractivity contribution in [3.63, 3.8) is 0 Å². The summed E-state index contributed by atoms with van der Waals surface area (Å²) in [6.45, 7) is 4.97. The Bertz CT molecular complexity index is 1130. The van der Waals surface area contributed by atoms with Crippen LogP contribution in [0.2, 0.25) is 10.0 Å². The number of ether oxygens (including phenoxy) is 2. The predicted octanol–water partition coefficient (Wildman–Crippen LogP) is 5.92. The van der Waals surface area contributed by atoms with Crippen molar-refractivity contribution >= 4 is 44.8 Å². The van der Waals surface area contributed by atoms with Crippen molar-refractivity contribution < 1.29 is 22.7 Å². The van der Waals surface area contributed by atoms with Gasteiger partial charge in [0.15, 0.2) is 5.75 Å². The fraction of sp³-hybridized carbons (Fsp3) is 0.458. The van der Waals surface area contributed by atoms with Crippen LogP contribution in [0.3, 0.4) is 0 Å². The molecule has 1 aliphatic heterocycles. The largest absolute Gasteiger partial charge is 0.496 e. The van der Waals surface area contributed by atoms with Crippen molar-refractivity contribution in [3.8, 4) is 17.2 Å². The third kappa shape index (κ3) is 6.78. The maximum absolute atomic E-state index is 12.6. The molecule has 0 aliphatic carbocycles. The highest BCUT2D eigenvalue weighted by atomic mass is 35.5. The summed E-state index contributed by atoms with van der Waals surface area (Å²) in [5.74, 6) is 1.60. The van der Waals surface area contributed by atoms with Crippen LogP contribution in [0.15, 0.2) is 30.3 Å². The van der Waals surface area contributed by atoms with Crippen LogP contribution in [0.5, 0.6) is 17.2 Å². The number of rotatable bonds is 8. The maximum Gasteiger partial charge on any atom is 0.224 e. The maximum atomic E-state index is 12.6. The van der Waals surface area contributed by atoms with Crippen LogP contribution in [0.25, 0.3) is 0 Å². The lowest BCUT2D eigenvalue weighted by Crippen LogP contribution is -2.40. The topological polar surface area (TPSA) is 84.9 Å². The summed E-state index contributed by atoms with van der Waals surface area (Å²) in [5.41, 5.74) is 1.44. The van der Waals surface area contributed by atoms with Gasteiger partial charge < -0.3 is 14.8 Å². The number of sulfonamides is 1. The van der Waals surface area contributed by atoms with Crippen LogP contribution in [-0.2, 0) is 14.8 Å². The second-order valence-corrected chi connectivity index (χ2v) is 11.6. The van der Waals surface area contributed by atoms with E-state index in [1.807, 2.05) is 12.1 Å². The smallest absolute Gasteiger partial charge is 0.224 e. The van der Waals surface area contributed by atoms with Gasteiger partial charge >= 0.3 is 0 Å². The number of anilines is 1. The Labute approximate surface area is 211 Å². The van der Waals surface area contributed by atoms with E-state index in [0.29, 0.717) is 24.5 Å². The van der Waals surface area contributed by atoms with E-state index >= 15 is 0 Å². The van der Waals surface area contributed by atoms with E-state index in [2.05, 4.69) is 19.2 Å². The van der Waals surface area contributed by atoms with Gasteiger partial charge in [-0.05, 0) is 55.0 Å². The van der Waals surface area contributed by atoms with E-state index in [4.69, 9.17) is 32.7 Å². The summed E-state index contributed by atoms with van der Waals surface area (Å²) in [5, 5.41) is 3.32. The molecule has 7 nitrogen and oxygen atoms in total. The van der Waals surface area contributed by atoms with Crippen molar-refractivity contribution in [1.82, 2.24) is 4.31 Å². The highest BCUT2D eigenvalue weighted by molar-refractivity contribution is 7.88. The first-order valence-corrected chi connectivity index (χ1v) is 13.7. The Kier molecular flexibility index (Phi) is 8.73. The van der Waals surface area contributed by atoms with Gasteiger partial charge in [0.2, 0.25) is 15.9 Å².